The van der Waals surface area contributed by atoms with Crippen molar-refractivity contribution < 1.29 is 14.0 Å². The molecule has 4 rings (SSSR count). The number of hydrogen-bond acceptors (Lipinski definition) is 4. The standard InChI is InChI=1S/C23H24FN5O2/c1-15-6-5-7-17(10-15)13-28-14-18(11-21(28)30)12-25-23(31)22-16(2)29(27-26-22)20-9-4-3-8-19(20)24/h3-10,18H,11-14H2,1-2H3,(H,25,31). The van der Waals surface area contributed by atoms with E-state index in [4.69, 9.17) is 0 Å². The molecule has 8 heteroatoms. The summed E-state index contributed by atoms with van der Waals surface area (Å²) in [5, 5.41) is 10.7. The molecule has 160 valence electrons. The van der Waals surface area contributed by atoms with Crippen LogP contribution in [-0.4, -0.2) is 44.8 Å². The van der Waals surface area contributed by atoms with Crippen LogP contribution in [0, 0.1) is 25.6 Å². The Balaban J connectivity index is 1.36. The predicted molar refractivity (Wildman–Crippen MR) is 113 cm³/mol. The second-order valence-electron chi connectivity index (χ2n) is 7.93. The van der Waals surface area contributed by atoms with Crippen molar-refractivity contribution in [3.8, 4) is 5.69 Å². The molecule has 0 saturated carbocycles. The lowest BCUT2D eigenvalue weighted by Crippen LogP contribution is -2.31. The molecule has 0 bridgehead atoms. The Bertz CT molecular complexity index is 1130. The topological polar surface area (TPSA) is 80.1 Å². The van der Waals surface area contributed by atoms with Crippen molar-refractivity contribution in [3.05, 3.63) is 76.9 Å². The minimum absolute atomic E-state index is 0.0307. The Labute approximate surface area is 179 Å². The summed E-state index contributed by atoms with van der Waals surface area (Å²) >= 11 is 0. The van der Waals surface area contributed by atoms with Crippen LogP contribution in [0.15, 0.2) is 48.5 Å². The molecule has 31 heavy (non-hydrogen) atoms. The van der Waals surface area contributed by atoms with Crippen LogP contribution in [0.3, 0.4) is 0 Å². The first kappa shape index (κ1) is 20.7. The number of benzene rings is 2. The highest BCUT2D eigenvalue weighted by Crippen LogP contribution is 2.21. The first-order valence-corrected chi connectivity index (χ1v) is 10.2. The van der Waals surface area contributed by atoms with Crippen LogP contribution in [0.1, 0.15) is 33.7 Å². The molecule has 0 aliphatic carbocycles. The van der Waals surface area contributed by atoms with Crippen molar-refractivity contribution in [2.24, 2.45) is 5.92 Å². The normalized spacial score (nSPS) is 16.0. The highest BCUT2D eigenvalue weighted by Gasteiger charge is 2.30. The van der Waals surface area contributed by atoms with Crippen molar-refractivity contribution in [2.45, 2.75) is 26.8 Å². The van der Waals surface area contributed by atoms with Crippen molar-refractivity contribution in [3.63, 3.8) is 0 Å². The van der Waals surface area contributed by atoms with Gasteiger partial charge < -0.3 is 10.2 Å². The van der Waals surface area contributed by atoms with Crippen LogP contribution in [-0.2, 0) is 11.3 Å². The van der Waals surface area contributed by atoms with E-state index >= 15 is 0 Å². The fraction of sp³-hybridized carbons (Fsp3) is 0.304. The number of aryl methyl sites for hydroxylation is 1. The van der Waals surface area contributed by atoms with Crippen molar-refractivity contribution in [1.82, 2.24) is 25.2 Å². The molecule has 1 N–H and O–H groups in total. The molecular weight excluding hydrogens is 397 g/mol. The fourth-order valence-electron chi connectivity index (χ4n) is 3.89. The summed E-state index contributed by atoms with van der Waals surface area (Å²) in [6.07, 6.45) is 0.396. The zero-order valence-corrected chi connectivity index (χ0v) is 17.5. The van der Waals surface area contributed by atoms with E-state index in [1.807, 2.05) is 30.0 Å². The van der Waals surface area contributed by atoms with Crippen LogP contribution < -0.4 is 5.32 Å². The highest BCUT2D eigenvalue weighted by atomic mass is 19.1. The molecule has 0 radical (unpaired) electrons. The molecule has 1 aliphatic rings. The number of hydrogen-bond donors (Lipinski definition) is 1. The number of carbonyl (C=O) groups excluding carboxylic acids is 2. The largest absolute Gasteiger partial charge is 0.350 e. The molecule has 1 aliphatic heterocycles. The fourth-order valence-corrected chi connectivity index (χ4v) is 3.89. The maximum Gasteiger partial charge on any atom is 0.273 e. The Kier molecular flexibility index (Phi) is 5.79. The van der Waals surface area contributed by atoms with Gasteiger partial charge in [0, 0.05) is 32.0 Å². The van der Waals surface area contributed by atoms with Gasteiger partial charge >= 0.3 is 0 Å². The SMILES string of the molecule is Cc1cccc(CN2CC(CNC(=O)c3nnn(-c4ccccc4F)c3C)CC2=O)c1. The van der Waals surface area contributed by atoms with Gasteiger partial charge in [-0.15, -0.1) is 5.10 Å². The lowest BCUT2D eigenvalue weighted by atomic mass is 10.1. The van der Waals surface area contributed by atoms with E-state index in [1.54, 1.807) is 25.1 Å². The third-order valence-corrected chi connectivity index (χ3v) is 5.49. The summed E-state index contributed by atoms with van der Waals surface area (Å²) in [6, 6.07) is 14.3. The maximum absolute atomic E-state index is 14.0. The number of nitrogens with zero attached hydrogens (tertiary/aromatic N) is 4. The first-order chi connectivity index (χ1) is 14.9. The summed E-state index contributed by atoms with van der Waals surface area (Å²) in [6.45, 7) is 5.22. The molecule has 3 aromatic rings. The number of halogens is 1. The van der Waals surface area contributed by atoms with E-state index in [0.717, 1.165) is 11.1 Å². The van der Waals surface area contributed by atoms with Crippen LogP contribution in [0.25, 0.3) is 5.69 Å². The van der Waals surface area contributed by atoms with Crippen LogP contribution in [0.5, 0.6) is 0 Å². The number of likely N-dealkylation sites (tertiary alicyclic amines) is 1. The van der Waals surface area contributed by atoms with Crippen molar-refractivity contribution >= 4 is 11.8 Å². The van der Waals surface area contributed by atoms with Gasteiger partial charge in [0.15, 0.2) is 5.69 Å². The average Bonchev–Trinajstić information content (AvgIpc) is 3.29. The van der Waals surface area contributed by atoms with E-state index in [0.29, 0.717) is 31.7 Å². The van der Waals surface area contributed by atoms with Gasteiger partial charge in [-0.2, -0.15) is 0 Å². The van der Waals surface area contributed by atoms with Gasteiger partial charge in [0.25, 0.3) is 5.91 Å². The van der Waals surface area contributed by atoms with E-state index in [-0.39, 0.29) is 29.1 Å². The lowest BCUT2D eigenvalue weighted by Gasteiger charge is -2.17. The molecule has 1 atom stereocenters. The smallest absolute Gasteiger partial charge is 0.273 e. The molecular formula is C23H24FN5O2. The molecule has 7 nitrogen and oxygen atoms in total. The van der Waals surface area contributed by atoms with Crippen LogP contribution >= 0.6 is 0 Å². The minimum Gasteiger partial charge on any atom is -0.350 e. The summed E-state index contributed by atoms with van der Waals surface area (Å²) < 4.78 is 15.4. The molecule has 1 aromatic heterocycles. The molecule has 2 amide bonds. The van der Waals surface area contributed by atoms with Gasteiger partial charge in [0.1, 0.15) is 11.5 Å². The summed E-state index contributed by atoms with van der Waals surface area (Å²) in [5.74, 6) is -0.712. The molecule has 2 aromatic carbocycles. The van der Waals surface area contributed by atoms with Crippen LogP contribution in [0.4, 0.5) is 4.39 Å². The van der Waals surface area contributed by atoms with Crippen molar-refractivity contribution in [1.29, 1.82) is 0 Å². The zero-order chi connectivity index (χ0) is 22.0. The Morgan fingerprint density at radius 2 is 2.00 bits per heavy atom. The minimum atomic E-state index is -0.444. The molecule has 2 heterocycles. The second kappa shape index (κ2) is 8.67. The molecule has 1 saturated heterocycles. The number of rotatable bonds is 6. The van der Waals surface area contributed by atoms with Gasteiger partial charge in [-0.05, 0) is 31.5 Å². The monoisotopic (exact) mass is 421 g/mol. The van der Waals surface area contributed by atoms with Gasteiger partial charge in [0.2, 0.25) is 5.91 Å². The predicted octanol–water partition coefficient (Wildman–Crippen LogP) is 2.80. The van der Waals surface area contributed by atoms with Crippen molar-refractivity contribution in [2.75, 3.05) is 13.1 Å². The number of aromatic nitrogens is 3. The van der Waals surface area contributed by atoms with Gasteiger partial charge in [0.05, 0.1) is 5.69 Å². The third-order valence-electron chi connectivity index (χ3n) is 5.49. The number of para-hydroxylation sites is 1. The average molecular weight is 421 g/mol. The Hall–Kier alpha value is -3.55. The third kappa shape index (κ3) is 4.47. The first-order valence-electron chi connectivity index (χ1n) is 10.2. The zero-order valence-electron chi connectivity index (χ0n) is 17.5. The quantitative estimate of drug-likeness (QED) is 0.664. The molecule has 1 unspecified atom stereocenters. The number of nitrogens with one attached hydrogen (secondary N) is 1. The van der Waals surface area contributed by atoms with Gasteiger partial charge in [-0.3, -0.25) is 9.59 Å². The number of carbonyl (C=O) groups is 2. The van der Waals surface area contributed by atoms with E-state index < -0.39 is 5.82 Å². The van der Waals surface area contributed by atoms with Crippen LogP contribution in [0.2, 0.25) is 0 Å². The van der Waals surface area contributed by atoms with Gasteiger partial charge in [-0.25, -0.2) is 9.07 Å². The van der Waals surface area contributed by atoms with Gasteiger partial charge in [-0.1, -0.05) is 47.2 Å². The van der Waals surface area contributed by atoms with E-state index in [2.05, 4.69) is 21.7 Å². The summed E-state index contributed by atoms with van der Waals surface area (Å²) in [5.41, 5.74) is 3.08. The maximum atomic E-state index is 14.0. The lowest BCUT2D eigenvalue weighted by molar-refractivity contribution is -0.128. The molecule has 0 spiro atoms. The van der Waals surface area contributed by atoms with E-state index in [1.165, 1.54) is 10.7 Å². The Morgan fingerprint density at radius 1 is 1.19 bits per heavy atom. The molecule has 1 fully saturated rings. The van der Waals surface area contributed by atoms with E-state index in [9.17, 15) is 14.0 Å². The summed E-state index contributed by atoms with van der Waals surface area (Å²) in [7, 11) is 0. The highest BCUT2D eigenvalue weighted by molar-refractivity contribution is 5.93. The summed E-state index contributed by atoms with van der Waals surface area (Å²) in [4.78, 5) is 26.8. The number of amides is 2. The second-order valence-corrected chi connectivity index (χ2v) is 7.93. The Morgan fingerprint density at radius 3 is 2.77 bits per heavy atom.